The van der Waals surface area contributed by atoms with Crippen LogP contribution in [0.4, 0.5) is 11.4 Å². The van der Waals surface area contributed by atoms with E-state index in [1.54, 1.807) is 24.3 Å². The molecule has 0 aliphatic heterocycles. The number of ether oxygens (including phenoxy) is 1. The van der Waals surface area contributed by atoms with Crippen LogP contribution in [0, 0.1) is 0 Å². The first-order valence-corrected chi connectivity index (χ1v) is 11.9. The number of anilines is 2. The van der Waals surface area contributed by atoms with E-state index in [0.29, 0.717) is 37.6 Å². The Bertz CT molecular complexity index is 886. The molecule has 0 fully saturated rings. The van der Waals surface area contributed by atoms with Gasteiger partial charge in [0.1, 0.15) is 5.75 Å². The smallest absolute Gasteiger partial charge is 0.232 e. The van der Waals surface area contributed by atoms with Crippen molar-refractivity contribution < 1.29 is 17.9 Å². The van der Waals surface area contributed by atoms with Crippen molar-refractivity contribution in [1.82, 2.24) is 5.32 Å². The molecule has 164 valence electrons. The summed E-state index contributed by atoms with van der Waals surface area (Å²) in [6.07, 6.45) is 1.86. The van der Waals surface area contributed by atoms with Crippen LogP contribution in [0.3, 0.4) is 0 Å². The Morgan fingerprint density at radius 2 is 1.67 bits per heavy atom. The van der Waals surface area contributed by atoms with Crippen molar-refractivity contribution in [2.75, 3.05) is 48.7 Å². The van der Waals surface area contributed by atoms with E-state index < -0.39 is 10.0 Å². The van der Waals surface area contributed by atoms with Crippen molar-refractivity contribution in [3.63, 3.8) is 0 Å². The first kappa shape index (κ1) is 23.5. The lowest BCUT2D eigenvalue weighted by Crippen LogP contribution is -2.34. The number of sulfonamides is 1. The molecule has 8 heteroatoms. The van der Waals surface area contributed by atoms with E-state index in [2.05, 4.69) is 10.2 Å². The van der Waals surface area contributed by atoms with Gasteiger partial charge in [0.05, 0.1) is 18.6 Å². The van der Waals surface area contributed by atoms with Crippen LogP contribution in [0.1, 0.15) is 19.8 Å². The van der Waals surface area contributed by atoms with Gasteiger partial charge in [-0.15, -0.1) is 0 Å². The average molecular weight is 434 g/mol. The van der Waals surface area contributed by atoms with Crippen molar-refractivity contribution in [3.8, 4) is 5.75 Å². The zero-order valence-electron chi connectivity index (χ0n) is 17.9. The lowest BCUT2D eigenvalue weighted by atomic mass is 10.2. The number of hydrogen-bond donors (Lipinski definition) is 1. The van der Waals surface area contributed by atoms with Gasteiger partial charge in [0.25, 0.3) is 0 Å². The van der Waals surface area contributed by atoms with Crippen LogP contribution < -0.4 is 19.3 Å². The molecule has 0 bridgehead atoms. The highest BCUT2D eigenvalue weighted by molar-refractivity contribution is 7.92. The molecule has 0 aromatic heterocycles. The normalized spacial score (nSPS) is 11.0. The van der Waals surface area contributed by atoms with Crippen molar-refractivity contribution in [3.05, 3.63) is 54.6 Å². The maximum Gasteiger partial charge on any atom is 0.232 e. The number of para-hydroxylation sites is 1. The van der Waals surface area contributed by atoms with Crippen LogP contribution in [0.5, 0.6) is 5.75 Å². The first-order chi connectivity index (χ1) is 14.3. The molecule has 1 N–H and O–H groups in total. The Hall–Kier alpha value is -2.74. The minimum absolute atomic E-state index is 0.0865. The van der Waals surface area contributed by atoms with E-state index in [1.807, 2.05) is 44.3 Å². The van der Waals surface area contributed by atoms with Crippen LogP contribution in [0.15, 0.2) is 54.6 Å². The number of nitrogens with one attached hydrogen (secondary N) is 1. The van der Waals surface area contributed by atoms with E-state index in [9.17, 15) is 13.2 Å². The molecule has 0 atom stereocenters. The van der Waals surface area contributed by atoms with Crippen molar-refractivity contribution in [1.29, 1.82) is 0 Å². The van der Waals surface area contributed by atoms with Crippen molar-refractivity contribution >= 4 is 27.3 Å². The number of carbonyl (C=O) groups is 1. The molecule has 0 saturated heterocycles. The number of carbonyl (C=O) groups excluding carboxylic acids is 1. The summed E-state index contributed by atoms with van der Waals surface area (Å²) in [4.78, 5) is 14.2. The summed E-state index contributed by atoms with van der Waals surface area (Å²) in [6, 6.07) is 16.9. The summed E-state index contributed by atoms with van der Waals surface area (Å²) in [7, 11) is -1.47. The van der Waals surface area contributed by atoms with Crippen LogP contribution in [-0.4, -0.2) is 53.9 Å². The third-order valence-corrected chi connectivity index (χ3v) is 5.76. The number of amides is 1. The monoisotopic (exact) mass is 433 g/mol. The lowest BCUT2D eigenvalue weighted by molar-refractivity contribution is -0.121. The molecule has 0 saturated carbocycles. The highest BCUT2D eigenvalue weighted by atomic mass is 32.2. The third kappa shape index (κ3) is 7.59. The largest absolute Gasteiger partial charge is 0.494 e. The summed E-state index contributed by atoms with van der Waals surface area (Å²) >= 11 is 0. The molecule has 0 heterocycles. The summed E-state index contributed by atoms with van der Waals surface area (Å²) in [5.74, 6) is 0.603. The molecule has 0 spiro atoms. The summed E-state index contributed by atoms with van der Waals surface area (Å²) in [5.41, 5.74) is 1.65. The van der Waals surface area contributed by atoms with Gasteiger partial charge in [0, 0.05) is 38.8 Å². The second-order valence-electron chi connectivity index (χ2n) is 6.97. The summed E-state index contributed by atoms with van der Waals surface area (Å²) < 4.78 is 31.1. The topological polar surface area (TPSA) is 79.0 Å². The van der Waals surface area contributed by atoms with Gasteiger partial charge in [-0.05, 0) is 49.7 Å². The average Bonchev–Trinajstić information content (AvgIpc) is 2.72. The number of benzene rings is 2. The van der Waals surface area contributed by atoms with Gasteiger partial charge in [-0.2, -0.15) is 0 Å². The van der Waals surface area contributed by atoms with E-state index >= 15 is 0 Å². The van der Waals surface area contributed by atoms with E-state index in [-0.39, 0.29) is 18.9 Å². The molecule has 2 aromatic carbocycles. The highest BCUT2D eigenvalue weighted by Crippen LogP contribution is 2.22. The number of rotatable bonds is 12. The van der Waals surface area contributed by atoms with Gasteiger partial charge in [0.2, 0.25) is 15.9 Å². The van der Waals surface area contributed by atoms with Gasteiger partial charge in [0.15, 0.2) is 0 Å². The van der Waals surface area contributed by atoms with Crippen molar-refractivity contribution in [2.45, 2.75) is 19.8 Å². The molecule has 0 radical (unpaired) electrons. The third-order valence-electron chi connectivity index (χ3n) is 4.57. The number of nitrogens with zero attached hydrogens (tertiary/aromatic N) is 2. The summed E-state index contributed by atoms with van der Waals surface area (Å²) in [6.45, 7) is 3.90. The number of hydrogen-bond acceptors (Lipinski definition) is 5. The second-order valence-corrected chi connectivity index (χ2v) is 8.88. The molecular weight excluding hydrogens is 402 g/mol. The van der Waals surface area contributed by atoms with Gasteiger partial charge in [-0.3, -0.25) is 9.10 Å². The Morgan fingerprint density at radius 1 is 1.00 bits per heavy atom. The first-order valence-electron chi connectivity index (χ1n) is 10.0. The van der Waals surface area contributed by atoms with Crippen LogP contribution >= 0.6 is 0 Å². The Balaban J connectivity index is 1.79. The number of likely N-dealkylation sites (N-methyl/N-ethyl adjacent to an activating group) is 1. The minimum Gasteiger partial charge on any atom is -0.494 e. The van der Waals surface area contributed by atoms with E-state index in [4.69, 9.17) is 4.74 Å². The maximum absolute atomic E-state index is 12.2. The lowest BCUT2D eigenvalue weighted by Gasteiger charge is -2.22. The van der Waals surface area contributed by atoms with E-state index in [0.717, 1.165) is 5.69 Å². The van der Waals surface area contributed by atoms with Gasteiger partial charge in [-0.25, -0.2) is 8.42 Å². The van der Waals surface area contributed by atoms with Crippen LogP contribution in [-0.2, 0) is 14.8 Å². The van der Waals surface area contributed by atoms with Gasteiger partial charge >= 0.3 is 0 Å². The maximum atomic E-state index is 12.2. The minimum atomic E-state index is -3.45. The molecule has 0 unspecified atom stereocenters. The quantitative estimate of drug-likeness (QED) is 0.557. The zero-order chi connectivity index (χ0) is 22.0. The fourth-order valence-corrected chi connectivity index (χ4v) is 3.97. The summed E-state index contributed by atoms with van der Waals surface area (Å²) in [5, 5.41) is 2.89. The molecule has 0 aliphatic rings. The van der Waals surface area contributed by atoms with Crippen LogP contribution in [0.25, 0.3) is 0 Å². The van der Waals surface area contributed by atoms with Crippen molar-refractivity contribution in [2.24, 2.45) is 0 Å². The predicted molar refractivity (Wildman–Crippen MR) is 122 cm³/mol. The second kappa shape index (κ2) is 11.4. The van der Waals surface area contributed by atoms with Crippen LogP contribution in [0.2, 0.25) is 0 Å². The highest BCUT2D eigenvalue weighted by Gasteiger charge is 2.17. The fourth-order valence-electron chi connectivity index (χ4n) is 3.01. The van der Waals surface area contributed by atoms with Gasteiger partial charge in [-0.1, -0.05) is 18.2 Å². The molecular formula is C22H31N3O4S. The van der Waals surface area contributed by atoms with Gasteiger partial charge < -0.3 is 15.0 Å². The fraction of sp³-hybridized carbons (Fsp3) is 0.409. The Morgan fingerprint density at radius 3 is 2.27 bits per heavy atom. The standard InChI is InChI=1S/C22H31N3O4S/c1-4-29-21-14-12-20(13-15-21)25(30(3,27)28)17-8-11-22(26)23-16-18-24(2)19-9-6-5-7-10-19/h5-7,9-10,12-15H,4,8,11,16-18H2,1-3H3,(H,23,26). The van der Waals surface area contributed by atoms with E-state index in [1.165, 1.54) is 10.6 Å². The molecule has 2 rings (SSSR count). The Kier molecular flexibility index (Phi) is 8.98. The molecule has 0 aliphatic carbocycles. The SMILES string of the molecule is CCOc1ccc(N(CCCC(=O)NCCN(C)c2ccccc2)S(C)(=O)=O)cc1. The Labute approximate surface area is 179 Å². The molecule has 7 nitrogen and oxygen atoms in total. The molecule has 1 amide bonds. The zero-order valence-corrected chi connectivity index (χ0v) is 18.7. The molecule has 2 aromatic rings. The molecule has 30 heavy (non-hydrogen) atoms. The predicted octanol–water partition coefficient (Wildman–Crippen LogP) is 2.88.